The van der Waals surface area contributed by atoms with E-state index in [1.807, 2.05) is 0 Å². The SMILES string of the molecule is Cn1nnc(Br)c1S(=O)(=O)NC(C)(C)CCC(=O)O. The maximum Gasteiger partial charge on any atom is 0.303 e. The Hall–Kier alpha value is -1.00. The number of carbonyl (C=O) groups is 1. The summed E-state index contributed by atoms with van der Waals surface area (Å²) in [7, 11) is -2.38. The minimum atomic E-state index is -3.84. The molecule has 0 aliphatic heterocycles. The van der Waals surface area contributed by atoms with E-state index >= 15 is 0 Å². The molecule has 0 aliphatic carbocycles. The second-order valence-electron chi connectivity index (χ2n) is 4.69. The molecule has 0 bridgehead atoms. The Bertz CT molecular complexity index is 562. The zero-order chi connectivity index (χ0) is 14.8. The smallest absolute Gasteiger partial charge is 0.303 e. The van der Waals surface area contributed by atoms with Crippen LogP contribution in [0.1, 0.15) is 26.7 Å². The van der Waals surface area contributed by atoms with Gasteiger partial charge in [0.25, 0.3) is 10.0 Å². The molecule has 0 atom stereocenters. The highest BCUT2D eigenvalue weighted by Gasteiger charge is 2.31. The number of carboxylic acid groups (broad SMARTS) is 1. The van der Waals surface area contributed by atoms with Crippen LogP contribution in [-0.2, 0) is 21.9 Å². The van der Waals surface area contributed by atoms with E-state index < -0.39 is 21.5 Å². The average Bonchev–Trinajstić information content (AvgIpc) is 2.54. The van der Waals surface area contributed by atoms with Gasteiger partial charge in [0.1, 0.15) is 0 Å². The fourth-order valence-electron chi connectivity index (χ4n) is 1.49. The minimum Gasteiger partial charge on any atom is -0.481 e. The fraction of sp³-hybridized carbons (Fsp3) is 0.667. The standard InChI is InChI=1S/C9H15BrN4O4S/c1-9(2,5-4-6(15)16)12-19(17,18)8-7(10)11-13-14(8)3/h12H,4-5H2,1-3H3,(H,15,16). The molecule has 0 saturated carbocycles. The number of carboxylic acids is 1. The van der Waals surface area contributed by atoms with Gasteiger partial charge in [-0.2, -0.15) is 0 Å². The Kier molecular flexibility index (Phi) is 4.69. The van der Waals surface area contributed by atoms with Crippen molar-refractivity contribution in [3.05, 3.63) is 4.60 Å². The number of rotatable bonds is 6. The summed E-state index contributed by atoms with van der Waals surface area (Å²) in [6, 6.07) is 0. The van der Waals surface area contributed by atoms with Gasteiger partial charge in [0.2, 0.25) is 5.03 Å². The Morgan fingerprint density at radius 1 is 1.53 bits per heavy atom. The molecule has 1 rings (SSSR count). The number of nitrogens with zero attached hydrogens (tertiary/aromatic N) is 3. The third kappa shape index (κ3) is 4.25. The molecule has 8 nitrogen and oxygen atoms in total. The van der Waals surface area contributed by atoms with Crippen molar-refractivity contribution < 1.29 is 18.3 Å². The van der Waals surface area contributed by atoms with E-state index in [0.717, 1.165) is 4.68 Å². The van der Waals surface area contributed by atoms with Gasteiger partial charge in [-0.25, -0.2) is 17.8 Å². The van der Waals surface area contributed by atoms with Gasteiger partial charge in [0, 0.05) is 19.0 Å². The topological polar surface area (TPSA) is 114 Å². The summed E-state index contributed by atoms with van der Waals surface area (Å²) in [5.41, 5.74) is -0.888. The molecule has 0 fully saturated rings. The summed E-state index contributed by atoms with van der Waals surface area (Å²) in [6.07, 6.45) is 0.0464. The molecular formula is C9H15BrN4O4S. The van der Waals surface area contributed by atoms with Gasteiger partial charge in [-0.3, -0.25) is 4.79 Å². The van der Waals surface area contributed by atoms with E-state index in [-0.39, 0.29) is 22.5 Å². The number of hydrogen-bond acceptors (Lipinski definition) is 5. The van der Waals surface area contributed by atoms with E-state index in [0.29, 0.717) is 0 Å². The van der Waals surface area contributed by atoms with Crippen LogP contribution < -0.4 is 4.72 Å². The van der Waals surface area contributed by atoms with Gasteiger partial charge >= 0.3 is 5.97 Å². The number of sulfonamides is 1. The first-order chi connectivity index (χ1) is 8.55. The molecule has 0 saturated heterocycles. The van der Waals surface area contributed by atoms with Crippen molar-refractivity contribution in [3.8, 4) is 0 Å². The highest BCUT2D eigenvalue weighted by molar-refractivity contribution is 9.10. The summed E-state index contributed by atoms with van der Waals surface area (Å²) in [5.74, 6) is -0.976. The number of halogens is 1. The molecule has 10 heteroatoms. The normalized spacial score (nSPS) is 12.6. The average molecular weight is 355 g/mol. The molecule has 1 heterocycles. The molecular weight excluding hydrogens is 340 g/mol. The maximum absolute atomic E-state index is 12.2. The summed E-state index contributed by atoms with van der Waals surface area (Å²) >= 11 is 3.01. The van der Waals surface area contributed by atoms with Crippen molar-refractivity contribution in [2.75, 3.05) is 0 Å². The summed E-state index contributed by atoms with van der Waals surface area (Å²) in [6.45, 7) is 3.23. The second kappa shape index (κ2) is 5.55. The van der Waals surface area contributed by atoms with Crippen LogP contribution >= 0.6 is 15.9 Å². The number of hydrogen-bond donors (Lipinski definition) is 2. The van der Waals surface area contributed by atoms with Crippen molar-refractivity contribution in [2.45, 2.75) is 37.3 Å². The first-order valence-corrected chi connectivity index (χ1v) is 7.64. The Morgan fingerprint density at radius 3 is 2.53 bits per heavy atom. The lowest BCUT2D eigenvalue weighted by atomic mass is 10.0. The molecule has 108 valence electrons. The van der Waals surface area contributed by atoms with E-state index in [2.05, 4.69) is 31.0 Å². The lowest BCUT2D eigenvalue weighted by Gasteiger charge is -2.25. The Balaban J connectivity index is 2.94. The zero-order valence-electron chi connectivity index (χ0n) is 10.7. The minimum absolute atomic E-state index is 0.101. The summed E-state index contributed by atoms with van der Waals surface area (Å²) < 4.78 is 28.1. The first kappa shape index (κ1) is 16.1. The predicted octanol–water partition coefficient (Wildman–Crippen LogP) is 0.499. The van der Waals surface area contributed by atoms with Crippen molar-refractivity contribution in [2.24, 2.45) is 7.05 Å². The molecule has 0 amide bonds. The van der Waals surface area contributed by atoms with Crippen LogP contribution in [0, 0.1) is 0 Å². The van der Waals surface area contributed by atoms with Crippen molar-refractivity contribution >= 4 is 31.9 Å². The molecule has 19 heavy (non-hydrogen) atoms. The van der Waals surface area contributed by atoms with Crippen LogP contribution in [0.2, 0.25) is 0 Å². The first-order valence-electron chi connectivity index (χ1n) is 5.36. The van der Waals surface area contributed by atoms with E-state index in [4.69, 9.17) is 5.11 Å². The third-order valence-electron chi connectivity index (χ3n) is 2.37. The molecule has 0 spiro atoms. The highest BCUT2D eigenvalue weighted by Crippen LogP contribution is 2.21. The maximum atomic E-state index is 12.2. The molecule has 1 aromatic rings. The number of nitrogens with one attached hydrogen (secondary N) is 1. The van der Waals surface area contributed by atoms with E-state index in [1.54, 1.807) is 13.8 Å². The van der Waals surface area contributed by atoms with Gasteiger partial charge in [-0.15, -0.1) is 5.10 Å². The van der Waals surface area contributed by atoms with E-state index in [1.165, 1.54) is 7.05 Å². The van der Waals surface area contributed by atoms with Crippen molar-refractivity contribution in [1.29, 1.82) is 0 Å². The molecule has 0 aromatic carbocycles. The lowest BCUT2D eigenvalue weighted by Crippen LogP contribution is -2.44. The Morgan fingerprint density at radius 2 is 2.11 bits per heavy atom. The molecule has 0 radical (unpaired) electrons. The van der Waals surface area contributed by atoms with Crippen LogP contribution in [0.4, 0.5) is 0 Å². The lowest BCUT2D eigenvalue weighted by molar-refractivity contribution is -0.137. The molecule has 0 aliphatic rings. The van der Waals surface area contributed by atoms with Crippen LogP contribution in [0.25, 0.3) is 0 Å². The van der Waals surface area contributed by atoms with Gasteiger partial charge in [-0.1, -0.05) is 5.21 Å². The van der Waals surface area contributed by atoms with Crippen LogP contribution in [0.5, 0.6) is 0 Å². The summed E-state index contributed by atoms with van der Waals surface area (Å²) in [4.78, 5) is 10.5. The van der Waals surface area contributed by atoms with Crippen molar-refractivity contribution in [1.82, 2.24) is 19.7 Å². The quantitative estimate of drug-likeness (QED) is 0.768. The monoisotopic (exact) mass is 354 g/mol. The summed E-state index contributed by atoms with van der Waals surface area (Å²) in [5, 5.41) is 15.7. The van der Waals surface area contributed by atoms with Gasteiger partial charge in [0.15, 0.2) is 4.60 Å². The second-order valence-corrected chi connectivity index (χ2v) is 7.04. The van der Waals surface area contributed by atoms with Gasteiger partial charge < -0.3 is 5.11 Å². The largest absolute Gasteiger partial charge is 0.481 e. The molecule has 0 unspecified atom stereocenters. The third-order valence-corrected chi connectivity index (χ3v) is 4.95. The molecule has 2 N–H and O–H groups in total. The van der Waals surface area contributed by atoms with Crippen molar-refractivity contribution in [3.63, 3.8) is 0 Å². The van der Waals surface area contributed by atoms with Crippen LogP contribution in [-0.4, -0.2) is 40.0 Å². The van der Waals surface area contributed by atoms with Gasteiger partial charge in [0.05, 0.1) is 0 Å². The predicted molar refractivity (Wildman–Crippen MR) is 70.0 cm³/mol. The number of aliphatic carboxylic acids is 1. The van der Waals surface area contributed by atoms with Gasteiger partial charge in [-0.05, 0) is 36.2 Å². The zero-order valence-corrected chi connectivity index (χ0v) is 13.1. The van der Waals surface area contributed by atoms with Crippen LogP contribution in [0.15, 0.2) is 9.63 Å². The van der Waals surface area contributed by atoms with E-state index in [9.17, 15) is 13.2 Å². The number of aryl methyl sites for hydroxylation is 1. The molecule has 1 aromatic heterocycles. The van der Waals surface area contributed by atoms with Crippen LogP contribution in [0.3, 0.4) is 0 Å². The fourth-order valence-corrected chi connectivity index (χ4v) is 4.03. The highest BCUT2D eigenvalue weighted by atomic mass is 79.9. The number of aromatic nitrogens is 3. The Labute approximate surface area is 119 Å².